The van der Waals surface area contributed by atoms with Crippen molar-refractivity contribution in [3.63, 3.8) is 0 Å². The molecule has 1 atom stereocenters. The minimum absolute atomic E-state index is 0.144. The summed E-state index contributed by atoms with van der Waals surface area (Å²) in [6.45, 7) is 4.00. The fraction of sp³-hybridized carbons (Fsp3) is 0.462. The number of hydrogen-bond donors (Lipinski definition) is 2. The van der Waals surface area contributed by atoms with Crippen LogP contribution in [0.4, 0.5) is 0 Å². The molecule has 1 amide bonds. The number of amides is 1. The zero-order chi connectivity index (χ0) is 12.8. The van der Waals surface area contributed by atoms with Gasteiger partial charge in [-0.25, -0.2) is 0 Å². The van der Waals surface area contributed by atoms with E-state index in [-0.39, 0.29) is 18.4 Å². The van der Waals surface area contributed by atoms with Crippen LogP contribution in [0.5, 0.6) is 0 Å². The first-order chi connectivity index (χ1) is 8.08. The first-order valence-corrected chi connectivity index (χ1v) is 6.12. The molecule has 94 valence electrons. The summed E-state index contributed by atoms with van der Waals surface area (Å²) in [7, 11) is 0. The fourth-order valence-corrected chi connectivity index (χ4v) is 1.61. The predicted molar refractivity (Wildman–Crippen MR) is 68.9 cm³/mol. The summed E-state index contributed by atoms with van der Waals surface area (Å²) >= 11 is 6.05. The first-order valence-electron chi connectivity index (χ1n) is 5.74. The lowest BCUT2D eigenvalue weighted by atomic mass is 10.1. The van der Waals surface area contributed by atoms with Crippen molar-refractivity contribution in [1.29, 1.82) is 0 Å². The number of halogens is 1. The molecule has 0 heterocycles. The van der Waals surface area contributed by atoms with E-state index in [2.05, 4.69) is 12.2 Å². The molecule has 3 nitrogen and oxygen atoms in total. The molecule has 0 spiro atoms. The zero-order valence-electron chi connectivity index (χ0n) is 10.2. The summed E-state index contributed by atoms with van der Waals surface area (Å²) in [4.78, 5) is 11.5. The Labute approximate surface area is 107 Å². The van der Waals surface area contributed by atoms with E-state index >= 15 is 0 Å². The van der Waals surface area contributed by atoms with Gasteiger partial charge in [-0.1, -0.05) is 37.6 Å². The van der Waals surface area contributed by atoms with Gasteiger partial charge in [0.25, 0.3) is 0 Å². The van der Waals surface area contributed by atoms with Gasteiger partial charge in [-0.2, -0.15) is 0 Å². The van der Waals surface area contributed by atoms with Crippen LogP contribution >= 0.6 is 11.6 Å². The summed E-state index contributed by atoms with van der Waals surface area (Å²) in [5, 5.41) is 12.3. The Hall–Kier alpha value is -1.06. The fourth-order valence-electron chi connectivity index (χ4n) is 1.42. The lowest BCUT2D eigenvalue weighted by Crippen LogP contribution is -2.30. The van der Waals surface area contributed by atoms with Crippen LogP contribution < -0.4 is 5.32 Å². The van der Waals surface area contributed by atoms with Gasteiger partial charge in [0.2, 0.25) is 5.91 Å². The quantitative estimate of drug-likeness (QED) is 0.847. The highest BCUT2D eigenvalue weighted by Gasteiger charge is 2.11. The molecular weight excluding hydrogens is 238 g/mol. The van der Waals surface area contributed by atoms with Crippen LogP contribution in [0.1, 0.15) is 25.0 Å². The minimum Gasteiger partial charge on any atom is -0.396 e. The van der Waals surface area contributed by atoms with Gasteiger partial charge in [0.1, 0.15) is 0 Å². The Morgan fingerprint density at radius 3 is 2.82 bits per heavy atom. The molecule has 0 aliphatic rings. The number of hydrogen-bond acceptors (Lipinski definition) is 2. The van der Waals surface area contributed by atoms with Crippen molar-refractivity contribution in [3.05, 3.63) is 34.3 Å². The number of rotatable bonds is 5. The van der Waals surface area contributed by atoms with E-state index in [1.807, 2.05) is 18.2 Å². The number of aliphatic hydroxyl groups is 1. The predicted octanol–water partition coefficient (Wildman–Crippen LogP) is 2.15. The van der Waals surface area contributed by atoms with Crippen LogP contribution in [-0.2, 0) is 17.8 Å². The van der Waals surface area contributed by atoms with Gasteiger partial charge in [-0.3, -0.25) is 4.79 Å². The van der Waals surface area contributed by atoms with Crippen molar-refractivity contribution in [2.75, 3.05) is 6.61 Å². The van der Waals surface area contributed by atoms with Gasteiger partial charge in [-0.15, -0.1) is 0 Å². The van der Waals surface area contributed by atoms with E-state index in [1.54, 1.807) is 6.92 Å². The Morgan fingerprint density at radius 2 is 2.24 bits per heavy atom. The van der Waals surface area contributed by atoms with Gasteiger partial charge in [0.15, 0.2) is 0 Å². The van der Waals surface area contributed by atoms with E-state index < -0.39 is 0 Å². The van der Waals surface area contributed by atoms with Gasteiger partial charge in [0, 0.05) is 11.6 Å². The van der Waals surface area contributed by atoms with E-state index in [9.17, 15) is 4.79 Å². The van der Waals surface area contributed by atoms with Gasteiger partial charge < -0.3 is 10.4 Å². The second kappa shape index (κ2) is 6.62. The minimum atomic E-state index is -0.386. The Bertz CT molecular complexity index is 393. The topological polar surface area (TPSA) is 49.3 Å². The average molecular weight is 256 g/mol. The average Bonchev–Trinajstić information content (AvgIpc) is 2.36. The van der Waals surface area contributed by atoms with Crippen molar-refractivity contribution in [2.45, 2.75) is 26.8 Å². The summed E-state index contributed by atoms with van der Waals surface area (Å²) in [6, 6.07) is 5.81. The number of carbonyl (C=O) groups is 1. The zero-order valence-corrected chi connectivity index (χ0v) is 10.9. The number of carbonyl (C=O) groups excluding carboxylic acids is 1. The Balaban J connectivity index is 2.65. The third kappa shape index (κ3) is 4.02. The second-order valence-corrected chi connectivity index (χ2v) is 4.49. The normalized spacial score (nSPS) is 12.2. The number of aliphatic hydroxyl groups excluding tert-OH is 1. The smallest absolute Gasteiger partial charge is 0.225 e. The highest BCUT2D eigenvalue weighted by molar-refractivity contribution is 6.31. The van der Waals surface area contributed by atoms with E-state index in [1.165, 1.54) is 5.56 Å². The molecule has 1 aromatic rings. The second-order valence-electron chi connectivity index (χ2n) is 4.08. The summed E-state index contributed by atoms with van der Waals surface area (Å²) < 4.78 is 0. The highest BCUT2D eigenvalue weighted by Crippen LogP contribution is 2.18. The van der Waals surface area contributed by atoms with Crippen molar-refractivity contribution < 1.29 is 9.90 Å². The molecule has 17 heavy (non-hydrogen) atoms. The lowest BCUT2D eigenvalue weighted by molar-refractivity contribution is -0.125. The molecule has 1 rings (SSSR count). The molecule has 0 radical (unpaired) electrons. The van der Waals surface area contributed by atoms with Crippen LogP contribution in [-0.4, -0.2) is 17.6 Å². The summed E-state index contributed by atoms with van der Waals surface area (Å²) in [6.07, 6.45) is 0.936. The number of nitrogens with one attached hydrogen (secondary N) is 1. The summed E-state index contributed by atoms with van der Waals surface area (Å²) in [5.74, 6) is -0.548. The SMILES string of the molecule is CCc1ccc(Cl)c(CNC(=O)C(C)CO)c1. The molecular formula is C13H18ClNO2. The van der Waals surface area contributed by atoms with E-state index in [0.717, 1.165) is 12.0 Å². The molecule has 1 unspecified atom stereocenters. The first kappa shape index (κ1) is 14.0. The monoisotopic (exact) mass is 255 g/mol. The van der Waals surface area contributed by atoms with E-state index in [4.69, 9.17) is 16.7 Å². The Morgan fingerprint density at radius 1 is 1.53 bits per heavy atom. The van der Waals surface area contributed by atoms with Crippen LogP contribution in [0.25, 0.3) is 0 Å². The number of aryl methyl sites for hydroxylation is 1. The van der Waals surface area contributed by atoms with Crippen molar-refractivity contribution in [2.24, 2.45) is 5.92 Å². The molecule has 0 saturated carbocycles. The molecule has 4 heteroatoms. The highest BCUT2D eigenvalue weighted by atomic mass is 35.5. The Kier molecular flexibility index (Phi) is 5.45. The molecule has 1 aromatic carbocycles. The molecule has 0 fully saturated rings. The largest absolute Gasteiger partial charge is 0.396 e. The van der Waals surface area contributed by atoms with Crippen LogP contribution in [0.15, 0.2) is 18.2 Å². The molecule has 2 N–H and O–H groups in total. The van der Waals surface area contributed by atoms with Crippen LogP contribution in [0.3, 0.4) is 0 Å². The maximum absolute atomic E-state index is 11.5. The maximum atomic E-state index is 11.5. The van der Waals surface area contributed by atoms with Crippen LogP contribution in [0.2, 0.25) is 5.02 Å². The van der Waals surface area contributed by atoms with Crippen molar-refractivity contribution in [1.82, 2.24) is 5.32 Å². The van der Waals surface area contributed by atoms with Gasteiger partial charge in [0.05, 0.1) is 12.5 Å². The van der Waals surface area contributed by atoms with Crippen molar-refractivity contribution in [3.8, 4) is 0 Å². The lowest BCUT2D eigenvalue weighted by Gasteiger charge is -2.11. The maximum Gasteiger partial charge on any atom is 0.225 e. The van der Waals surface area contributed by atoms with Crippen molar-refractivity contribution >= 4 is 17.5 Å². The molecule has 0 aliphatic heterocycles. The number of benzene rings is 1. The molecule has 0 aromatic heterocycles. The molecule has 0 bridgehead atoms. The van der Waals surface area contributed by atoms with Crippen LogP contribution in [0, 0.1) is 5.92 Å². The van der Waals surface area contributed by atoms with E-state index in [0.29, 0.717) is 11.6 Å². The molecule has 0 saturated heterocycles. The van der Waals surface area contributed by atoms with Gasteiger partial charge >= 0.3 is 0 Å². The van der Waals surface area contributed by atoms with Gasteiger partial charge in [-0.05, 0) is 23.6 Å². The standard InChI is InChI=1S/C13H18ClNO2/c1-3-10-4-5-12(14)11(6-10)7-15-13(17)9(2)8-16/h4-6,9,16H,3,7-8H2,1-2H3,(H,15,17). The summed E-state index contributed by atoms with van der Waals surface area (Å²) in [5.41, 5.74) is 2.10. The molecule has 0 aliphatic carbocycles. The third-order valence-corrected chi connectivity index (χ3v) is 3.06. The third-order valence-electron chi connectivity index (χ3n) is 2.69.